The molecular formula is C13H18ClN. The Morgan fingerprint density at radius 2 is 2.07 bits per heavy atom. The number of hydrogen-bond acceptors (Lipinski definition) is 1. The van der Waals surface area contributed by atoms with E-state index in [0.717, 1.165) is 18.8 Å². The van der Waals surface area contributed by atoms with Crippen LogP contribution in [0.1, 0.15) is 38.3 Å². The fourth-order valence-electron chi connectivity index (χ4n) is 2.35. The van der Waals surface area contributed by atoms with Crippen molar-refractivity contribution >= 4 is 11.6 Å². The Hall–Kier alpha value is -0.560. The molecule has 0 amide bonds. The molecule has 0 unspecified atom stereocenters. The first-order valence-electron chi connectivity index (χ1n) is 5.60. The van der Waals surface area contributed by atoms with Gasteiger partial charge < -0.3 is 0 Å². The van der Waals surface area contributed by atoms with Crippen LogP contribution >= 0.6 is 11.6 Å². The summed E-state index contributed by atoms with van der Waals surface area (Å²) >= 11 is 5.89. The van der Waals surface area contributed by atoms with Gasteiger partial charge in [-0.1, -0.05) is 32.4 Å². The van der Waals surface area contributed by atoms with Crippen molar-refractivity contribution in [2.45, 2.75) is 40.0 Å². The molecule has 2 heteroatoms. The summed E-state index contributed by atoms with van der Waals surface area (Å²) in [6, 6.07) is 2.02. The monoisotopic (exact) mass is 223 g/mol. The van der Waals surface area contributed by atoms with E-state index in [1.165, 1.54) is 17.5 Å². The summed E-state index contributed by atoms with van der Waals surface area (Å²) in [5.74, 6) is 0.771. The molecule has 0 N–H and O–H groups in total. The molecular weight excluding hydrogens is 206 g/mol. The molecule has 0 radical (unpaired) electrons. The predicted molar refractivity (Wildman–Crippen MR) is 64.2 cm³/mol. The van der Waals surface area contributed by atoms with E-state index in [0.29, 0.717) is 10.6 Å². The largest absolute Gasteiger partial charge is 0.244 e. The molecule has 1 aromatic heterocycles. The molecule has 1 aliphatic rings. The van der Waals surface area contributed by atoms with Gasteiger partial charge in [0.1, 0.15) is 5.15 Å². The molecule has 0 saturated carbocycles. The summed E-state index contributed by atoms with van der Waals surface area (Å²) in [5.41, 5.74) is 3.19. The number of pyridine rings is 1. The highest BCUT2D eigenvalue weighted by atomic mass is 35.5. The molecule has 0 aliphatic heterocycles. The van der Waals surface area contributed by atoms with Crippen LogP contribution in [-0.2, 0) is 12.8 Å². The third-order valence-electron chi connectivity index (χ3n) is 3.50. The second-order valence-electron chi connectivity index (χ2n) is 5.58. The minimum absolute atomic E-state index is 0.400. The van der Waals surface area contributed by atoms with E-state index in [1.807, 2.05) is 12.3 Å². The topological polar surface area (TPSA) is 12.9 Å². The molecule has 0 saturated heterocycles. The summed E-state index contributed by atoms with van der Waals surface area (Å²) < 4.78 is 0. The Balaban J connectivity index is 2.24. The van der Waals surface area contributed by atoms with Crippen molar-refractivity contribution in [3.05, 3.63) is 28.5 Å². The third kappa shape index (κ3) is 2.34. The molecule has 0 spiro atoms. The molecule has 0 bridgehead atoms. The first-order valence-corrected chi connectivity index (χ1v) is 5.98. The Morgan fingerprint density at radius 1 is 1.33 bits per heavy atom. The van der Waals surface area contributed by atoms with Gasteiger partial charge in [0, 0.05) is 6.20 Å². The smallest absolute Gasteiger partial charge is 0.129 e. The van der Waals surface area contributed by atoms with Crippen LogP contribution < -0.4 is 0 Å². The van der Waals surface area contributed by atoms with Crippen LogP contribution in [0.5, 0.6) is 0 Å². The molecule has 1 nitrogen and oxygen atoms in total. The first-order chi connectivity index (χ1) is 6.97. The van der Waals surface area contributed by atoms with Crippen LogP contribution in [0, 0.1) is 11.3 Å². The highest BCUT2D eigenvalue weighted by molar-refractivity contribution is 6.29. The average Bonchev–Trinajstić information content (AvgIpc) is 2.15. The zero-order valence-electron chi connectivity index (χ0n) is 9.68. The van der Waals surface area contributed by atoms with Crippen molar-refractivity contribution in [2.24, 2.45) is 11.3 Å². The molecule has 15 heavy (non-hydrogen) atoms. The highest BCUT2D eigenvalue weighted by Gasteiger charge is 2.28. The summed E-state index contributed by atoms with van der Waals surface area (Å²) in [7, 11) is 0. The van der Waals surface area contributed by atoms with Crippen molar-refractivity contribution in [3.63, 3.8) is 0 Å². The average molecular weight is 224 g/mol. The van der Waals surface area contributed by atoms with E-state index in [-0.39, 0.29) is 0 Å². The summed E-state index contributed by atoms with van der Waals surface area (Å²) in [4.78, 5) is 4.17. The predicted octanol–water partition coefficient (Wildman–Crippen LogP) is 3.89. The maximum Gasteiger partial charge on any atom is 0.129 e. The van der Waals surface area contributed by atoms with Gasteiger partial charge in [-0.2, -0.15) is 0 Å². The fourth-order valence-corrected chi connectivity index (χ4v) is 2.53. The zero-order chi connectivity index (χ0) is 11.1. The lowest BCUT2D eigenvalue weighted by molar-refractivity contribution is 0.216. The van der Waals surface area contributed by atoms with Gasteiger partial charge in [-0.15, -0.1) is 0 Å². The Labute approximate surface area is 96.9 Å². The lowest BCUT2D eigenvalue weighted by atomic mass is 9.71. The minimum atomic E-state index is 0.400. The van der Waals surface area contributed by atoms with Crippen molar-refractivity contribution < 1.29 is 0 Å². The van der Waals surface area contributed by atoms with Crippen LogP contribution in [0.4, 0.5) is 0 Å². The summed E-state index contributed by atoms with van der Waals surface area (Å²) in [6.45, 7) is 6.98. The van der Waals surface area contributed by atoms with Gasteiger partial charge in [0.2, 0.25) is 0 Å². The van der Waals surface area contributed by atoms with Gasteiger partial charge in [0.05, 0.1) is 0 Å². The number of aryl methyl sites for hydroxylation is 1. The number of aromatic nitrogens is 1. The second-order valence-corrected chi connectivity index (χ2v) is 5.97. The molecule has 82 valence electrons. The van der Waals surface area contributed by atoms with E-state index in [4.69, 9.17) is 11.6 Å². The quantitative estimate of drug-likeness (QED) is 0.609. The standard InChI is InChI=1S/C13H18ClN/c1-13(2,3)11-5-4-9-7-12(14)15-8-10(9)6-11/h7-8,11H,4-6H2,1-3H3/t11-/m0/s1. The normalized spacial score (nSPS) is 21.2. The van der Waals surface area contributed by atoms with Crippen LogP contribution in [0.2, 0.25) is 5.15 Å². The zero-order valence-corrected chi connectivity index (χ0v) is 10.4. The number of halogens is 1. The van der Waals surface area contributed by atoms with Crippen LogP contribution in [0.15, 0.2) is 12.3 Å². The van der Waals surface area contributed by atoms with Crippen molar-refractivity contribution in [2.75, 3.05) is 0 Å². The Kier molecular flexibility index (Phi) is 2.76. The number of nitrogens with zero attached hydrogens (tertiary/aromatic N) is 1. The third-order valence-corrected chi connectivity index (χ3v) is 3.71. The van der Waals surface area contributed by atoms with Gasteiger partial charge in [-0.05, 0) is 47.8 Å². The maximum absolute atomic E-state index is 5.89. The van der Waals surface area contributed by atoms with Crippen LogP contribution in [-0.4, -0.2) is 4.98 Å². The first kappa shape index (κ1) is 10.9. The van der Waals surface area contributed by atoms with Gasteiger partial charge in [0.15, 0.2) is 0 Å². The number of rotatable bonds is 0. The molecule has 1 aliphatic carbocycles. The molecule has 0 fully saturated rings. The van der Waals surface area contributed by atoms with E-state index in [1.54, 1.807) is 0 Å². The van der Waals surface area contributed by atoms with Crippen molar-refractivity contribution in [1.29, 1.82) is 0 Å². The van der Waals surface area contributed by atoms with Crippen LogP contribution in [0.25, 0.3) is 0 Å². The van der Waals surface area contributed by atoms with Gasteiger partial charge in [-0.3, -0.25) is 0 Å². The van der Waals surface area contributed by atoms with E-state index >= 15 is 0 Å². The lowest BCUT2D eigenvalue weighted by Gasteiger charge is -2.34. The Morgan fingerprint density at radius 3 is 2.73 bits per heavy atom. The van der Waals surface area contributed by atoms with Gasteiger partial charge in [0.25, 0.3) is 0 Å². The maximum atomic E-state index is 5.89. The highest BCUT2D eigenvalue weighted by Crippen LogP contribution is 2.37. The lowest BCUT2D eigenvalue weighted by Crippen LogP contribution is -2.26. The summed E-state index contributed by atoms with van der Waals surface area (Å²) in [5, 5.41) is 0.628. The molecule has 1 atom stereocenters. The van der Waals surface area contributed by atoms with Crippen molar-refractivity contribution in [3.8, 4) is 0 Å². The van der Waals surface area contributed by atoms with Crippen LogP contribution in [0.3, 0.4) is 0 Å². The van der Waals surface area contributed by atoms with E-state index in [9.17, 15) is 0 Å². The second kappa shape index (κ2) is 3.79. The SMILES string of the molecule is CC(C)(C)[C@H]1CCc2cc(Cl)ncc2C1. The Bertz CT molecular complexity index is 365. The number of fused-ring (bicyclic) bond motifs is 1. The van der Waals surface area contributed by atoms with E-state index < -0.39 is 0 Å². The van der Waals surface area contributed by atoms with Gasteiger partial charge >= 0.3 is 0 Å². The fraction of sp³-hybridized carbons (Fsp3) is 0.615. The number of hydrogen-bond donors (Lipinski definition) is 0. The minimum Gasteiger partial charge on any atom is -0.244 e. The molecule has 2 rings (SSSR count). The molecule has 0 aromatic carbocycles. The van der Waals surface area contributed by atoms with E-state index in [2.05, 4.69) is 25.8 Å². The molecule has 1 heterocycles. The van der Waals surface area contributed by atoms with Gasteiger partial charge in [-0.25, -0.2) is 4.98 Å². The van der Waals surface area contributed by atoms with Crippen molar-refractivity contribution in [1.82, 2.24) is 4.98 Å². The molecule has 1 aromatic rings. The summed E-state index contributed by atoms with van der Waals surface area (Å²) in [6.07, 6.45) is 5.54.